The molecule has 0 atom stereocenters. The summed E-state index contributed by atoms with van der Waals surface area (Å²) in [6.45, 7) is 2.36. The minimum absolute atomic E-state index is 0.0278. The van der Waals surface area contributed by atoms with Crippen LogP contribution in [0, 0.1) is 5.92 Å². The summed E-state index contributed by atoms with van der Waals surface area (Å²) in [5, 5.41) is 0. The molecule has 0 heterocycles. The van der Waals surface area contributed by atoms with Crippen LogP contribution in [0.2, 0.25) is 0 Å². The van der Waals surface area contributed by atoms with Crippen LogP contribution in [0.3, 0.4) is 0 Å². The van der Waals surface area contributed by atoms with Crippen LogP contribution in [-0.2, 0) is 0 Å². The topological polar surface area (TPSA) is 0 Å². The van der Waals surface area contributed by atoms with E-state index in [1.807, 2.05) is 0 Å². The lowest BCUT2D eigenvalue weighted by Crippen LogP contribution is -1.99. The normalized spacial score (nSPS) is 19.5. The number of hydrogen-bond acceptors (Lipinski definition) is 0. The quantitative estimate of drug-likeness (QED) is 0.504. The van der Waals surface area contributed by atoms with Gasteiger partial charge >= 0.3 is 0 Å². The van der Waals surface area contributed by atoms with Gasteiger partial charge in [0.15, 0.2) is 0 Å². The maximum Gasteiger partial charge on any atom is 0.0713 e. The molecule has 0 unspecified atom stereocenters. The van der Waals surface area contributed by atoms with E-state index in [4.69, 9.17) is 22.5 Å². The Morgan fingerprint density at radius 1 is 1.10 bits per heavy atom. The maximum atomic E-state index is 4.79. The average molecular weight is 201 g/mol. The molecular formula is C7H15Cl2P. The van der Waals surface area contributed by atoms with Gasteiger partial charge in [0.25, 0.3) is 0 Å². The molecule has 0 aromatic rings. The van der Waals surface area contributed by atoms with Gasteiger partial charge in [-0.1, -0.05) is 61.5 Å². The molecule has 0 aliphatic heterocycles. The molecule has 62 valence electrons. The summed E-state index contributed by atoms with van der Waals surface area (Å²) in [6, 6.07) is 0. The third-order valence-corrected chi connectivity index (χ3v) is 1.89. The highest BCUT2D eigenvalue weighted by Crippen LogP contribution is 2.22. The van der Waals surface area contributed by atoms with Crippen molar-refractivity contribution in [3.63, 3.8) is 0 Å². The van der Waals surface area contributed by atoms with Gasteiger partial charge in [-0.15, -0.1) is 0 Å². The fourth-order valence-corrected chi connectivity index (χ4v) is 1.31. The second-order valence-corrected chi connectivity index (χ2v) is 4.67. The van der Waals surface area contributed by atoms with Crippen LogP contribution < -0.4 is 0 Å². The molecular weight excluding hydrogens is 186 g/mol. The smallest absolute Gasteiger partial charge is 0.0713 e. The molecule has 0 nitrogen and oxygen atoms in total. The van der Waals surface area contributed by atoms with E-state index in [0.717, 1.165) is 5.92 Å². The van der Waals surface area contributed by atoms with E-state index in [1.165, 1.54) is 32.1 Å². The van der Waals surface area contributed by atoms with Gasteiger partial charge in [0.2, 0.25) is 0 Å². The molecule has 1 fully saturated rings. The van der Waals surface area contributed by atoms with Gasteiger partial charge in [-0.3, -0.25) is 0 Å². The first-order valence-corrected chi connectivity index (χ1v) is 6.80. The second kappa shape index (κ2) is 8.11. The summed E-state index contributed by atoms with van der Waals surface area (Å²) < 4.78 is 0. The molecule has 1 aliphatic rings. The lowest BCUT2D eigenvalue weighted by atomic mass is 9.91. The van der Waals surface area contributed by atoms with Crippen molar-refractivity contribution in [3.8, 4) is 0 Å². The first-order chi connectivity index (χ1) is 4.81. The van der Waals surface area contributed by atoms with Crippen LogP contribution in [0.4, 0.5) is 0 Å². The van der Waals surface area contributed by atoms with Crippen molar-refractivity contribution >= 4 is 29.8 Å². The third kappa shape index (κ3) is 7.12. The van der Waals surface area contributed by atoms with E-state index in [0.29, 0.717) is 0 Å². The van der Waals surface area contributed by atoms with Gasteiger partial charge in [-0.05, 0) is 5.92 Å². The molecule has 1 saturated carbocycles. The van der Waals surface area contributed by atoms with Crippen molar-refractivity contribution in [3.05, 3.63) is 0 Å². The molecule has 0 radical (unpaired) electrons. The van der Waals surface area contributed by atoms with Gasteiger partial charge < -0.3 is 0 Å². The highest BCUT2D eigenvalue weighted by atomic mass is 35.9. The monoisotopic (exact) mass is 200 g/mol. The van der Waals surface area contributed by atoms with Crippen LogP contribution in [0.25, 0.3) is 0 Å². The summed E-state index contributed by atoms with van der Waals surface area (Å²) >= 11 is 9.58. The standard InChI is InChI=1S/C7H14.Cl2HP/c1-7-5-3-2-4-6-7;1-3-2/h7H,2-6H2,1H3;3H. The highest BCUT2D eigenvalue weighted by molar-refractivity contribution is 7.90. The van der Waals surface area contributed by atoms with E-state index >= 15 is 0 Å². The van der Waals surface area contributed by atoms with Crippen molar-refractivity contribution < 1.29 is 0 Å². The SMILES string of the molecule is CC1CCCCC1.ClPCl. The minimum atomic E-state index is 0.0278. The summed E-state index contributed by atoms with van der Waals surface area (Å²) in [5.74, 6) is 1.04. The molecule has 0 amide bonds. The Morgan fingerprint density at radius 3 is 1.70 bits per heavy atom. The zero-order valence-corrected chi connectivity index (χ0v) is 8.88. The van der Waals surface area contributed by atoms with Crippen molar-refractivity contribution in [1.82, 2.24) is 0 Å². The molecule has 0 aromatic carbocycles. The molecule has 3 heteroatoms. The lowest BCUT2D eigenvalue weighted by molar-refractivity contribution is 0.385. The van der Waals surface area contributed by atoms with Gasteiger partial charge in [-0.25, -0.2) is 0 Å². The molecule has 1 rings (SSSR count). The first-order valence-electron chi connectivity index (χ1n) is 3.77. The van der Waals surface area contributed by atoms with Crippen molar-refractivity contribution in [2.24, 2.45) is 5.92 Å². The fraction of sp³-hybridized carbons (Fsp3) is 1.00. The van der Waals surface area contributed by atoms with Crippen LogP contribution in [0.5, 0.6) is 0 Å². The largest absolute Gasteiger partial charge is 0.0818 e. The second-order valence-electron chi connectivity index (χ2n) is 2.81. The Kier molecular flexibility index (Phi) is 8.93. The molecule has 0 aromatic heterocycles. The predicted octanol–water partition coefficient (Wildman–Crippen LogP) is 4.56. The Labute approximate surface area is 75.0 Å². The first kappa shape index (κ1) is 11.0. The van der Waals surface area contributed by atoms with E-state index in [9.17, 15) is 0 Å². The van der Waals surface area contributed by atoms with Crippen LogP contribution in [0.1, 0.15) is 39.0 Å². The Bertz CT molecular complexity index is 62.6. The summed E-state index contributed by atoms with van der Waals surface area (Å²) in [4.78, 5) is 0. The molecule has 0 bridgehead atoms. The van der Waals surface area contributed by atoms with Gasteiger partial charge in [-0.2, -0.15) is 0 Å². The van der Waals surface area contributed by atoms with Gasteiger partial charge in [0.05, 0.1) is 7.29 Å². The molecule has 10 heavy (non-hydrogen) atoms. The zero-order valence-electron chi connectivity index (χ0n) is 6.37. The number of halogens is 2. The average Bonchev–Trinajstić information content (AvgIpc) is 1.91. The molecule has 1 aliphatic carbocycles. The molecule has 0 N–H and O–H groups in total. The number of hydrogen-bond donors (Lipinski definition) is 0. The van der Waals surface area contributed by atoms with Crippen LogP contribution in [-0.4, -0.2) is 0 Å². The lowest BCUT2D eigenvalue weighted by Gasteiger charge is -2.15. The minimum Gasteiger partial charge on any atom is -0.0818 e. The fourth-order valence-electron chi connectivity index (χ4n) is 1.31. The van der Waals surface area contributed by atoms with Crippen molar-refractivity contribution in [2.75, 3.05) is 0 Å². The zero-order chi connectivity index (χ0) is 7.82. The van der Waals surface area contributed by atoms with Gasteiger partial charge in [0, 0.05) is 0 Å². The Hall–Kier alpha value is 1.01. The summed E-state index contributed by atoms with van der Waals surface area (Å²) in [6.07, 6.45) is 7.44. The summed E-state index contributed by atoms with van der Waals surface area (Å²) in [7, 11) is 0.0278. The predicted molar refractivity (Wildman–Crippen MR) is 52.3 cm³/mol. The van der Waals surface area contributed by atoms with Crippen molar-refractivity contribution in [1.29, 1.82) is 0 Å². The van der Waals surface area contributed by atoms with Gasteiger partial charge in [0.1, 0.15) is 0 Å². The molecule has 0 spiro atoms. The van der Waals surface area contributed by atoms with E-state index in [1.54, 1.807) is 0 Å². The third-order valence-electron chi connectivity index (χ3n) is 1.89. The van der Waals surface area contributed by atoms with E-state index in [-0.39, 0.29) is 7.29 Å². The van der Waals surface area contributed by atoms with Crippen LogP contribution >= 0.6 is 29.8 Å². The molecule has 0 saturated heterocycles. The Morgan fingerprint density at radius 2 is 1.50 bits per heavy atom. The maximum absolute atomic E-state index is 4.79. The van der Waals surface area contributed by atoms with Crippen molar-refractivity contribution in [2.45, 2.75) is 39.0 Å². The summed E-state index contributed by atoms with van der Waals surface area (Å²) in [5.41, 5.74) is 0. The number of rotatable bonds is 0. The Balaban J connectivity index is 0.000000236. The van der Waals surface area contributed by atoms with Crippen LogP contribution in [0.15, 0.2) is 0 Å². The van der Waals surface area contributed by atoms with E-state index in [2.05, 4.69) is 6.92 Å². The van der Waals surface area contributed by atoms with E-state index < -0.39 is 0 Å². The highest BCUT2D eigenvalue weighted by Gasteiger charge is 2.05.